The number of anilines is 1. The second kappa shape index (κ2) is 11.7. The minimum absolute atomic E-state index is 0.212. The Hall–Kier alpha value is -4.10. The van der Waals surface area contributed by atoms with E-state index in [2.05, 4.69) is 32.7 Å². The van der Waals surface area contributed by atoms with Crippen molar-refractivity contribution in [3.05, 3.63) is 101 Å². The molecule has 39 heavy (non-hydrogen) atoms. The highest BCUT2D eigenvalue weighted by Gasteiger charge is 2.31. The third kappa shape index (κ3) is 6.15. The van der Waals surface area contributed by atoms with Crippen LogP contribution in [0.5, 0.6) is 0 Å². The Morgan fingerprint density at radius 2 is 1.64 bits per heavy atom. The number of H-pyrrole nitrogens is 1. The van der Waals surface area contributed by atoms with E-state index in [0.717, 1.165) is 47.1 Å². The second-order valence-corrected chi connectivity index (χ2v) is 10.7. The topological polar surface area (TPSA) is 80.5 Å². The summed E-state index contributed by atoms with van der Waals surface area (Å²) in [6, 6.07) is 23.3. The van der Waals surface area contributed by atoms with Gasteiger partial charge in [-0.1, -0.05) is 61.5 Å². The standard InChI is InChI=1S/C32H37N5O2/c1-22(28-20-33-29-14-7-6-13-27(28)29)30(31(38)34-26-12-8-9-23(19-26)21-36(2)3)35-32(39)37-17-15-24-10-4-5-11-25(24)16-18-37/h4-14,19-20,22,30,33H,15-18,21H2,1-3H3,(H,34,38)(H,35,39)/t22-,30-/m1/s1. The van der Waals surface area contributed by atoms with Gasteiger partial charge in [-0.2, -0.15) is 0 Å². The zero-order chi connectivity index (χ0) is 27.4. The van der Waals surface area contributed by atoms with E-state index < -0.39 is 6.04 Å². The van der Waals surface area contributed by atoms with Gasteiger partial charge in [0, 0.05) is 48.3 Å². The Kier molecular flexibility index (Phi) is 7.98. The third-order valence-corrected chi connectivity index (χ3v) is 7.57. The summed E-state index contributed by atoms with van der Waals surface area (Å²) in [6.45, 7) is 4.00. The number of aromatic amines is 1. The molecular formula is C32H37N5O2. The van der Waals surface area contributed by atoms with Gasteiger partial charge in [0.2, 0.25) is 5.91 Å². The monoisotopic (exact) mass is 523 g/mol. The Balaban J connectivity index is 1.38. The van der Waals surface area contributed by atoms with Gasteiger partial charge in [-0.3, -0.25) is 4.79 Å². The van der Waals surface area contributed by atoms with E-state index in [-0.39, 0.29) is 17.9 Å². The van der Waals surface area contributed by atoms with Crippen LogP contribution in [0.2, 0.25) is 0 Å². The normalized spacial score (nSPS) is 14.9. The number of aromatic nitrogens is 1. The van der Waals surface area contributed by atoms with E-state index >= 15 is 0 Å². The van der Waals surface area contributed by atoms with Crippen LogP contribution in [0.25, 0.3) is 10.9 Å². The quantitative estimate of drug-likeness (QED) is 0.313. The van der Waals surface area contributed by atoms with Crippen LogP contribution in [0.4, 0.5) is 10.5 Å². The lowest BCUT2D eigenvalue weighted by atomic mass is 9.92. The number of hydrogen-bond acceptors (Lipinski definition) is 3. The number of rotatable bonds is 7. The number of carbonyl (C=O) groups excluding carboxylic acids is 2. The van der Waals surface area contributed by atoms with Gasteiger partial charge >= 0.3 is 6.03 Å². The van der Waals surface area contributed by atoms with E-state index in [1.54, 1.807) is 0 Å². The van der Waals surface area contributed by atoms with Gasteiger partial charge in [0.25, 0.3) is 0 Å². The van der Waals surface area contributed by atoms with Crippen LogP contribution in [-0.2, 0) is 24.2 Å². The van der Waals surface area contributed by atoms with Crippen LogP contribution in [0.15, 0.2) is 79.0 Å². The molecule has 2 atom stereocenters. The molecule has 1 aliphatic heterocycles. The summed E-state index contributed by atoms with van der Waals surface area (Å²) < 4.78 is 0. The fourth-order valence-electron chi connectivity index (χ4n) is 5.50. The van der Waals surface area contributed by atoms with Gasteiger partial charge in [0.1, 0.15) is 6.04 Å². The van der Waals surface area contributed by atoms with E-state index in [4.69, 9.17) is 0 Å². The molecule has 0 fully saturated rings. The lowest BCUT2D eigenvalue weighted by molar-refractivity contribution is -0.118. The summed E-state index contributed by atoms with van der Waals surface area (Å²) in [4.78, 5) is 34.7. The Bertz CT molecular complexity index is 1430. The fraction of sp³-hybridized carbons (Fsp3) is 0.312. The van der Waals surface area contributed by atoms with Crippen LogP contribution in [0.3, 0.4) is 0 Å². The number of carbonyl (C=O) groups is 2. The molecule has 7 heteroatoms. The van der Waals surface area contributed by atoms with Crippen LogP contribution in [0.1, 0.15) is 35.1 Å². The zero-order valence-electron chi connectivity index (χ0n) is 22.9. The van der Waals surface area contributed by atoms with Crippen molar-refractivity contribution in [2.24, 2.45) is 0 Å². The summed E-state index contributed by atoms with van der Waals surface area (Å²) in [5, 5.41) is 7.25. The van der Waals surface area contributed by atoms with Crippen molar-refractivity contribution in [1.82, 2.24) is 20.1 Å². The predicted octanol–water partition coefficient (Wildman–Crippen LogP) is 5.15. The first-order valence-corrected chi connectivity index (χ1v) is 13.6. The number of para-hydroxylation sites is 1. The first-order valence-electron chi connectivity index (χ1n) is 13.6. The minimum atomic E-state index is -0.764. The van der Waals surface area contributed by atoms with E-state index in [1.807, 2.05) is 92.8 Å². The average Bonchev–Trinajstić information content (AvgIpc) is 3.23. The highest BCUT2D eigenvalue weighted by atomic mass is 16.2. The SMILES string of the molecule is C[C@H](c1c[nH]c2ccccc12)[C@@H](NC(=O)N1CCc2ccccc2CC1)C(=O)Nc1cccc(CN(C)C)c1. The number of fused-ring (bicyclic) bond motifs is 2. The van der Waals surface area contributed by atoms with Crippen LogP contribution < -0.4 is 10.6 Å². The molecule has 0 radical (unpaired) electrons. The molecule has 1 aliphatic rings. The smallest absolute Gasteiger partial charge is 0.318 e. The zero-order valence-corrected chi connectivity index (χ0v) is 22.9. The molecule has 0 unspecified atom stereocenters. The van der Waals surface area contributed by atoms with Crippen molar-refractivity contribution < 1.29 is 9.59 Å². The lowest BCUT2D eigenvalue weighted by Crippen LogP contribution is -2.52. The Labute approximate surface area is 230 Å². The molecule has 0 spiro atoms. The molecule has 202 valence electrons. The van der Waals surface area contributed by atoms with Crippen LogP contribution >= 0.6 is 0 Å². The number of nitrogens with zero attached hydrogens (tertiary/aromatic N) is 2. The molecule has 3 aromatic carbocycles. The number of hydrogen-bond donors (Lipinski definition) is 3. The van der Waals surface area contributed by atoms with Gasteiger partial charge in [-0.05, 0) is 67.4 Å². The average molecular weight is 524 g/mol. The first-order chi connectivity index (χ1) is 18.9. The minimum Gasteiger partial charge on any atom is -0.361 e. The van der Waals surface area contributed by atoms with Crippen LogP contribution in [0, 0.1) is 0 Å². The molecule has 3 N–H and O–H groups in total. The predicted molar refractivity (Wildman–Crippen MR) is 157 cm³/mol. The van der Waals surface area contributed by atoms with Crippen molar-refractivity contribution in [2.75, 3.05) is 32.5 Å². The molecule has 0 saturated carbocycles. The summed E-state index contributed by atoms with van der Waals surface area (Å²) >= 11 is 0. The molecule has 0 saturated heterocycles. The van der Waals surface area contributed by atoms with Crippen molar-refractivity contribution in [1.29, 1.82) is 0 Å². The Morgan fingerprint density at radius 1 is 0.949 bits per heavy atom. The van der Waals surface area contributed by atoms with Crippen molar-refractivity contribution in [3.8, 4) is 0 Å². The largest absolute Gasteiger partial charge is 0.361 e. The van der Waals surface area contributed by atoms with Gasteiger partial charge in [-0.25, -0.2) is 4.79 Å². The van der Waals surface area contributed by atoms with Gasteiger partial charge in [0.15, 0.2) is 0 Å². The lowest BCUT2D eigenvalue weighted by Gasteiger charge is -2.28. The maximum absolute atomic E-state index is 13.8. The molecule has 4 aromatic rings. The van der Waals surface area contributed by atoms with Crippen molar-refractivity contribution >= 4 is 28.5 Å². The fourth-order valence-corrected chi connectivity index (χ4v) is 5.50. The maximum Gasteiger partial charge on any atom is 0.318 e. The molecular weight excluding hydrogens is 486 g/mol. The molecule has 1 aromatic heterocycles. The van der Waals surface area contributed by atoms with E-state index in [0.29, 0.717) is 13.1 Å². The number of benzene rings is 3. The molecule has 7 nitrogen and oxygen atoms in total. The second-order valence-electron chi connectivity index (χ2n) is 10.7. The number of urea groups is 1. The number of amides is 3. The highest BCUT2D eigenvalue weighted by molar-refractivity contribution is 5.98. The summed E-state index contributed by atoms with van der Waals surface area (Å²) in [6.07, 6.45) is 3.55. The summed E-state index contributed by atoms with van der Waals surface area (Å²) in [5.74, 6) is -0.500. The number of nitrogens with one attached hydrogen (secondary N) is 3. The molecule has 5 rings (SSSR count). The first kappa shape index (κ1) is 26.5. The summed E-state index contributed by atoms with van der Waals surface area (Å²) in [5.41, 5.74) is 6.39. The van der Waals surface area contributed by atoms with Gasteiger partial charge in [0.05, 0.1) is 0 Å². The van der Waals surface area contributed by atoms with Crippen molar-refractivity contribution in [3.63, 3.8) is 0 Å². The van der Waals surface area contributed by atoms with Gasteiger partial charge in [-0.15, -0.1) is 0 Å². The van der Waals surface area contributed by atoms with Gasteiger partial charge < -0.3 is 25.4 Å². The highest BCUT2D eigenvalue weighted by Crippen LogP contribution is 2.29. The molecule has 2 heterocycles. The van der Waals surface area contributed by atoms with E-state index in [1.165, 1.54) is 11.1 Å². The molecule has 3 amide bonds. The molecule has 0 aliphatic carbocycles. The maximum atomic E-state index is 13.8. The molecule has 0 bridgehead atoms. The third-order valence-electron chi connectivity index (χ3n) is 7.57. The summed E-state index contributed by atoms with van der Waals surface area (Å²) in [7, 11) is 4.03. The van der Waals surface area contributed by atoms with Crippen LogP contribution in [-0.4, -0.2) is 59.9 Å². The Morgan fingerprint density at radius 3 is 2.36 bits per heavy atom. The van der Waals surface area contributed by atoms with E-state index in [9.17, 15) is 9.59 Å². The van der Waals surface area contributed by atoms with Crippen molar-refractivity contribution in [2.45, 2.75) is 38.3 Å².